The fraction of sp³-hybridized carbons (Fsp3) is 0.364. The molecule has 3 amide bonds. The maximum absolute atomic E-state index is 13.3. The number of carbonyl (C=O) groups is 3. The van der Waals surface area contributed by atoms with Crippen LogP contribution < -0.4 is 10.2 Å². The number of amides is 3. The Labute approximate surface area is 179 Å². The Bertz CT molecular complexity index is 957. The molecule has 1 N–H and O–H groups in total. The van der Waals surface area contributed by atoms with Crippen LogP contribution in [0.5, 0.6) is 0 Å². The van der Waals surface area contributed by atoms with Crippen LogP contribution in [0.4, 0.5) is 11.5 Å². The van der Waals surface area contributed by atoms with Gasteiger partial charge in [0.2, 0.25) is 11.8 Å². The molecule has 8 heteroatoms. The summed E-state index contributed by atoms with van der Waals surface area (Å²) in [5.74, 6) is -0.435. The van der Waals surface area contributed by atoms with Crippen molar-refractivity contribution in [3.05, 3.63) is 48.2 Å². The van der Waals surface area contributed by atoms with Crippen LogP contribution in [0.25, 0.3) is 0 Å². The van der Waals surface area contributed by atoms with Crippen molar-refractivity contribution in [2.75, 3.05) is 29.9 Å². The summed E-state index contributed by atoms with van der Waals surface area (Å²) >= 11 is 1.28. The fourth-order valence-electron chi connectivity index (χ4n) is 3.68. The summed E-state index contributed by atoms with van der Waals surface area (Å²) in [5, 5.41) is 1.87. The Balaban J connectivity index is 1.54. The Morgan fingerprint density at radius 3 is 2.63 bits per heavy atom. The van der Waals surface area contributed by atoms with E-state index in [1.54, 1.807) is 23.2 Å². The summed E-state index contributed by atoms with van der Waals surface area (Å²) in [4.78, 5) is 47.2. The summed E-state index contributed by atoms with van der Waals surface area (Å²) in [6.07, 6.45) is 4.70. The summed E-state index contributed by atoms with van der Waals surface area (Å²) in [6, 6.07) is 11.0. The molecule has 1 atom stereocenters. The molecule has 1 aromatic carbocycles. The van der Waals surface area contributed by atoms with E-state index in [-0.39, 0.29) is 24.3 Å². The number of pyridine rings is 1. The molecule has 2 aliphatic heterocycles. The van der Waals surface area contributed by atoms with Crippen molar-refractivity contribution in [1.82, 2.24) is 9.88 Å². The lowest BCUT2D eigenvalue weighted by atomic mass is 10.1. The SMILES string of the molecule is Cc1ccc(NC(=O)CN2C(=O)[C@H](C(=O)N3CCCCC3)Sc3ccccc32)nc1. The van der Waals surface area contributed by atoms with Gasteiger partial charge in [-0.05, 0) is 49.9 Å². The number of fused-ring (bicyclic) bond motifs is 1. The minimum absolute atomic E-state index is 0.162. The molecule has 0 saturated carbocycles. The highest BCUT2D eigenvalue weighted by molar-refractivity contribution is 8.01. The standard InChI is InChI=1S/C22H24N4O3S/c1-15-9-10-18(23-13-15)24-19(27)14-26-16-7-3-4-8-17(16)30-20(22(26)29)21(28)25-11-5-2-6-12-25/h3-4,7-10,13,20H,2,5-6,11-12,14H2,1H3,(H,23,24,27)/t20-/m0/s1. The molecule has 2 aromatic rings. The van der Waals surface area contributed by atoms with Crippen molar-refractivity contribution in [2.24, 2.45) is 0 Å². The molecule has 1 fully saturated rings. The molecule has 7 nitrogen and oxygen atoms in total. The first-order valence-corrected chi connectivity index (χ1v) is 11.0. The predicted octanol–water partition coefficient (Wildman–Crippen LogP) is 2.85. The highest BCUT2D eigenvalue weighted by Crippen LogP contribution is 2.39. The fourth-order valence-corrected chi connectivity index (χ4v) is 4.87. The first kappa shape index (κ1) is 20.4. The van der Waals surface area contributed by atoms with Crippen molar-refractivity contribution >= 4 is 41.0 Å². The van der Waals surface area contributed by atoms with E-state index in [0.29, 0.717) is 24.6 Å². The van der Waals surface area contributed by atoms with Crippen LogP contribution in [-0.2, 0) is 14.4 Å². The smallest absolute Gasteiger partial charge is 0.250 e. The number of aromatic nitrogens is 1. The van der Waals surface area contributed by atoms with Gasteiger partial charge < -0.3 is 15.1 Å². The molecule has 3 heterocycles. The van der Waals surface area contributed by atoms with Crippen LogP contribution in [0, 0.1) is 6.92 Å². The van der Waals surface area contributed by atoms with Crippen LogP contribution in [0.15, 0.2) is 47.5 Å². The second-order valence-electron chi connectivity index (χ2n) is 7.54. The summed E-state index contributed by atoms with van der Waals surface area (Å²) < 4.78 is 0. The lowest BCUT2D eigenvalue weighted by Crippen LogP contribution is -2.52. The number of hydrogen-bond donors (Lipinski definition) is 1. The van der Waals surface area contributed by atoms with Crippen LogP contribution in [0.3, 0.4) is 0 Å². The van der Waals surface area contributed by atoms with E-state index in [0.717, 1.165) is 29.7 Å². The van der Waals surface area contributed by atoms with Gasteiger partial charge in [-0.25, -0.2) is 4.98 Å². The third-order valence-corrected chi connectivity index (χ3v) is 6.50. The normalized spacial score (nSPS) is 18.7. The molecular weight excluding hydrogens is 400 g/mol. The highest BCUT2D eigenvalue weighted by atomic mass is 32.2. The van der Waals surface area contributed by atoms with E-state index in [4.69, 9.17) is 0 Å². The zero-order valence-corrected chi connectivity index (χ0v) is 17.7. The molecule has 1 aromatic heterocycles. The summed E-state index contributed by atoms with van der Waals surface area (Å²) in [6.45, 7) is 3.11. The van der Waals surface area contributed by atoms with E-state index < -0.39 is 5.25 Å². The molecule has 2 aliphatic rings. The number of hydrogen-bond acceptors (Lipinski definition) is 5. The van der Waals surface area contributed by atoms with Gasteiger partial charge in [-0.15, -0.1) is 11.8 Å². The van der Waals surface area contributed by atoms with Gasteiger partial charge in [0.05, 0.1) is 5.69 Å². The zero-order valence-electron chi connectivity index (χ0n) is 16.8. The number of aryl methyl sites for hydroxylation is 1. The molecule has 0 aliphatic carbocycles. The van der Waals surface area contributed by atoms with Gasteiger partial charge >= 0.3 is 0 Å². The molecule has 4 rings (SSSR count). The Morgan fingerprint density at radius 1 is 1.13 bits per heavy atom. The number of thioether (sulfide) groups is 1. The van der Waals surface area contributed by atoms with Crippen LogP contribution in [0.1, 0.15) is 24.8 Å². The Hall–Kier alpha value is -2.87. The van der Waals surface area contributed by atoms with E-state index in [1.807, 2.05) is 31.2 Å². The third kappa shape index (κ3) is 4.33. The summed E-state index contributed by atoms with van der Waals surface area (Å²) in [7, 11) is 0. The number of benzene rings is 1. The number of anilines is 2. The van der Waals surface area contributed by atoms with Crippen LogP contribution in [0.2, 0.25) is 0 Å². The molecule has 156 valence electrons. The average Bonchev–Trinajstić information content (AvgIpc) is 2.77. The first-order chi connectivity index (χ1) is 14.5. The molecule has 0 spiro atoms. The quantitative estimate of drug-likeness (QED) is 0.763. The Kier molecular flexibility index (Phi) is 6.03. The van der Waals surface area contributed by atoms with Crippen molar-refractivity contribution in [1.29, 1.82) is 0 Å². The monoisotopic (exact) mass is 424 g/mol. The van der Waals surface area contributed by atoms with E-state index in [2.05, 4.69) is 10.3 Å². The van der Waals surface area contributed by atoms with Gasteiger partial charge in [0.1, 0.15) is 12.4 Å². The minimum Gasteiger partial charge on any atom is -0.341 e. The maximum Gasteiger partial charge on any atom is 0.250 e. The first-order valence-electron chi connectivity index (χ1n) is 10.1. The average molecular weight is 425 g/mol. The Morgan fingerprint density at radius 2 is 1.90 bits per heavy atom. The van der Waals surface area contributed by atoms with Crippen LogP contribution in [-0.4, -0.2) is 52.5 Å². The lowest BCUT2D eigenvalue weighted by Gasteiger charge is -2.36. The second kappa shape index (κ2) is 8.87. The molecule has 0 bridgehead atoms. The van der Waals surface area contributed by atoms with Gasteiger partial charge in [0.25, 0.3) is 5.91 Å². The maximum atomic E-state index is 13.3. The number of nitrogens with one attached hydrogen (secondary N) is 1. The number of piperidine rings is 1. The summed E-state index contributed by atoms with van der Waals surface area (Å²) in [5.41, 5.74) is 1.64. The van der Waals surface area contributed by atoms with E-state index in [1.165, 1.54) is 16.7 Å². The second-order valence-corrected chi connectivity index (χ2v) is 8.69. The van der Waals surface area contributed by atoms with Crippen molar-refractivity contribution in [3.63, 3.8) is 0 Å². The molecule has 1 saturated heterocycles. The molecular formula is C22H24N4O3S. The van der Waals surface area contributed by atoms with Crippen molar-refractivity contribution in [3.8, 4) is 0 Å². The van der Waals surface area contributed by atoms with Gasteiger partial charge in [-0.2, -0.15) is 0 Å². The molecule has 0 radical (unpaired) electrons. The number of carbonyl (C=O) groups excluding carboxylic acids is 3. The molecule has 0 unspecified atom stereocenters. The van der Waals surface area contributed by atoms with Gasteiger partial charge in [0.15, 0.2) is 5.25 Å². The highest BCUT2D eigenvalue weighted by Gasteiger charge is 2.40. The lowest BCUT2D eigenvalue weighted by molar-refractivity contribution is -0.135. The minimum atomic E-state index is -0.858. The predicted molar refractivity (Wildman–Crippen MR) is 116 cm³/mol. The van der Waals surface area contributed by atoms with Gasteiger partial charge in [-0.1, -0.05) is 18.2 Å². The largest absolute Gasteiger partial charge is 0.341 e. The number of nitrogens with zero attached hydrogens (tertiary/aromatic N) is 3. The van der Waals surface area contributed by atoms with Crippen molar-refractivity contribution in [2.45, 2.75) is 36.3 Å². The van der Waals surface area contributed by atoms with Gasteiger partial charge in [-0.3, -0.25) is 14.4 Å². The number of likely N-dealkylation sites (tertiary alicyclic amines) is 1. The topological polar surface area (TPSA) is 82.6 Å². The molecule has 30 heavy (non-hydrogen) atoms. The van der Waals surface area contributed by atoms with Crippen LogP contribution >= 0.6 is 11.8 Å². The zero-order chi connectivity index (χ0) is 21.1. The third-order valence-electron chi connectivity index (χ3n) is 5.26. The number of para-hydroxylation sites is 1. The van der Waals surface area contributed by atoms with E-state index in [9.17, 15) is 14.4 Å². The number of rotatable bonds is 4. The van der Waals surface area contributed by atoms with E-state index >= 15 is 0 Å². The van der Waals surface area contributed by atoms with Gasteiger partial charge in [0, 0.05) is 24.2 Å². The van der Waals surface area contributed by atoms with Crippen molar-refractivity contribution < 1.29 is 14.4 Å².